The summed E-state index contributed by atoms with van der Waals surface area (Å²) >= 11 is 0. The van der Waals surface area contributed by atoms with Gasteiger partial charge in [0.1, 0.15) is 11.9 Å². The lowest BCUT2D eigenvalue weighted by Crippen LogP contribution is -2.53. The van der Waals surface area contributed by atoms with Crippen LogP contribution in [-0.4, -0.2) is 29.3 Å². The fraction of sp³-hybridized carbons (Fsp3) is 0.706. The van der Waals surface area contributed by atoms with Crippen molar-refractivity contribution in [1.82, 2.24) is 10.3 Å². The van der Waals surface area contributed by atoms with Crippen LogP contribution in [0.3, 0.4) is 0 Å². The van der Waals surface area contributed by atoms with E-state index in [1.807, 2.05) is 12.1 Å². The van der Waals surface area contributed by atoms with Crippen LogP contribution in [-0.2, 0) is 0 Å². The van der Waals surface area contributed by atoms with Crippen LogP contribution in [0.5, 0.6) is 11.6 Å². The zero-order valence-corrected chi connectivity index (χ0v) is 13.8. The first-order valence-corrected chi connectivity index (χ1v) is 7.85. The highest BCUT2D eigenvalue weighted by Gasteiger charge is 2.33. The number of hydrogen-bond acceptors (Lipinski definition) is 4. The molecule has 0 amide bonds. The second-order valence-corrected chi connectivity index (χ2v) is 7.34. The molecule has 1 aromatic rings. The van der Waals surface area contributed by atoms with Crippen LogP contribution in [0.25, 0.3) is 0 Å². The van der Waals surface area contributed by atoms with Crippen molar-refractivity contribution < 1.29 is 9.47 Å². The Morgan fingerprint density at radius 2 is 2.00 bits per heavy atom. The molecule has 0 spiro atoms. The molecule has 1 heterocycles. The molecule has 1 N–H and O–H groups in total. The molecule has 0 saturated heterocycles. The lowest BCUT2D eigenvalue weighted by Gasteiger charge is -2.39. The molecule has 4 heteroatoms. The van der Waals surface area contributed by atoms with Gasteiger partial charge in [0.05, 0.1) is 12.8 Å². The number of nitrogens with zero attached hydrogens (tertiary/aromatic N) is 1. The highest BCUT2D eigenvalue weighted by atomic mass is 16.5. The Hall–Kier alpha value is -1.29. The minimum Gasteiger partial charge on any atom is -0.492 e. The molecule has 1 aliphatic rings. The first kappa shape index (κ1) is 16.1. The predicted octanol–water partition coefficient (Wildman–Crippen LogP) is 3.41. The van der Waals surface area contributed by atoms with Gasteiger partial charge >= 0.3 is 0 Å². The van der Waals surface area contributed by atoms with Crippen molar-refractivity contribution in [3.63, 3.8) is 0 Å². The van der Waals surface area contributed by atoms with Crippen LogP contribution < -0.4 is 14.8 Å². The number of rotatable bonds is 6. The second kappa shape index (κ2) is 6.65. The summed E-state index contributed by atoms with van der Waals surface area (Å²) in [6, 6.07) is 4.37. The van der Waals surface area contributed by atoms with Crippen LogP contribution in [0, 0.1) is 5.92 Å². The van der Waals surface area contributed by atoms with E-state index in [9.17, 15) is 0 Å². The average molecular weight is 292 g/mol. The van der Waals surface area contributed by atoms with Gasteiger partial charge in [-0.25, -0.2) is 4.98 Å². The van der Waals surface area contributed by atoms with Crippen molar-refractivity contribution in [1.29, 1.82) is 0 Å². The van der Waals surface area contributed by atoms with Gasteiger partial charge in [-0.2, -0.15) is 0 Å². The van der Waals surface area contributed by atoms with E-state index in [0.29, 0.717) is 24.4 Å². The first-order chi connectivity index (χ1) is 9.82. The van der Waals surface area contributed by atoms with E-state index in [1.165, 1.54) is 0 Å². The van der Waals surface area contributed by atoms with E-state index in [2.05, 4.69) is 44.9 Å². The highest BCUT2D eigenvalue weighted by molar-refractivity contribution is 5.23. The van der Waals surface area contributed by atoms with E-state index in [-0.39, 0.29) is 11.6 Å². The predicted molar refractivity (Wildman–Crippen MR) is 84.9 cm³/mol. The summed E-state index contributed by atoms with van der Waals surface area (Å²) in [4.78, 5) is 4.31. The maximum absolute atomic E-state index is 5.87. The summed E-state index contributed by atoms with van der Waals surface area (Å²) < 4.78 is 11.5. The Kier molecular flexibility index (Phi) is 5.09. The van der Waals surface area contributed by atoms with Gasteiger partial charge in [-0.3, -0.25) is 0 Å². The van der Waals surface area contributed by atoms with Gasteiger partial charge in [0.25, 0.3) is 0 Å². The number of nitrogens with one attached hydrogen (secondary N) is 1. The lowest BCUT2D eigenvalue weighted by molar-refractivity contribution is 0.0693. The Morgan fingerprint density at radius 3 is 2.52 bits per heavy atom. The number of pyridine rings is 1. The van der Waals surface area contributed by atoms with Crippen molar-refractivity contribution in [2.75, 3.05) is 6.61 Å². The fourth-order valence-corrected chi connectivity index (χ4v) is 2.35. The Labute approximate surface area is 128 Å². The molecule has 0 aromatic carbocycles. The van der Waals surface area contributed by atoms with Crippen LogP contribution in [0.4, 0.5) is 0 Å². The van der Waals surface area contributed by atoms with Gasteiger partial charge < -0.3 is 14.8 Å². The molecule has 0 atom stereocenters. The van der Waals surface area contributed by atoms with Crippen molar-refractivity contribution in [3.8, 4) is 11.6 Å². The van der Waals surface area contributed by atoms with Crippen LogP contribution in [0.2, 0.25) is 0 Å². The quantitative estimate of drug-likeness (QED) is 0.872. The molecule has 118 valence electrons. The summed E-state index contributed by atoms with van der Waals surface area (Å²) in [5.41, 5.74) is 0.170. The molecule has 2 rings (SSSR count). The zero-order valence-electron chi connectivity index (χ0n) is 13.8. The average Bonchev–Trinajstić information content (AvgIpc) is 2.33. The number of aromatic nitrogens is 1. The van der Waals surface area contributed by atoms with Crippen molar-refractivity contribution in [2.24, 2.45) is 5.92 Å². The van der Waals surface area contributed by atoms with Gasteiger partial charge in [-0.15, -0.1) is 0 Å². The SMILES string of the molecule is CC(C)COc1ccc(O[C@H]2C[C@@H](NC(C)(C)C)C2)nc1. The molecule has 0 unspecified atom stereocenters. The van der Waals surface area contributed by atoms with Gasteiger partial charge in [0.15, 0.2) is 0 Å². The molecule has 4 nitrogen and oxygen atoms in total. The van der Waals surface area contributed by atoms with Gasteiger partial charge in [-0.05, 0) is 45.6 Å². The normalized spacial score (nSPS) is 22.0. The standard InChI is InChI=1S/C17H28N2O2/c1-12(2)11-20-14-6-7-16(18-10-14)21-15-8-13(9-15)19-17(3,4)5/h6-7,10,12-13,15,19H,8-9,11H2,1-5H3/t13-,15+. The Bertz CT molecular complexity index is 431. The third-order valence-corrected chi connectivity index (χ3v) is 3.31. The topological polar surface area (TPSA) is 43.4 Å². The Morgan fingerprint density at radius 1 is 1.29 bits per heavy atom. The van der Waals surface area contributed by atoms with Crippen molar-refractivity contribution in [3.05, 3.63) is 18.3 Å². The van der Waals surface area contributed by atoms with E-state index in [0.717, 1.165) is 18.6 Å². The molecule has 21 heavy (non-hydrogen) atoms. The minimum atomic E-state index is 0.170. The zero-order chi connectivity index (χ0) is 15.5. The molecule has 1 aromatic heterocycles. The molecule has 1 fully saturated rings. The smallest absolute Gasteiger partial charge is 0.213 e. The van der Waals surface area contributed by atoms with Crippen molar-refractivity contribution in [2.45, 2.75) is 65.1 Å². The summed E-state index contributed by atoms with van der Waals surface area (Å²) in [7, 11) is 0. The highest BCUT2D eigenvalue weighted by Crippen LogP contribution is 2.27. The molecular formula is C17H28N2O2. The monoisotopic (exact) mass is 292 g/mol. The maximum atomic E-state index is 5.87. The largest absolute Gasteiger partial charge is 0.492 e. The summed E-state index contributed by atoms with van der Waals surface area (Å²) in [6.07, 6.45) is 4.11. The van der Waals surface area contributed by atoms with E-state index >= 15 is 0 Å². The summed E-state index contributed by atoms with van der Waals surface area (Å²) in [6.45, 7) is 11.5. The van der Waals surface area contributed by atoms with Crippen LogP contribution in [0.1, 0.15) is 47.5 Å². The van der Waals surface area contributed by atoms with E-state index in [1.54, 1.807) is 6.20 Å². The molecule has 0 radical (unpaired) electrons. The van der Waals surface area contributed by atoms with E-state index < -0.39 is 0 Å². The summed E-state index contributed by atoms with van der Waals surface area (Å²) in [5.74, 6) is 2.01. The maximum Gasteiger partial charge on any atom is 0.213 e. The third-order valence-electron chi connectivity index (χ3n) is 3.31. The molecule has 1 aliphatic carbocycles. The number of hydrogen-bond donors (Lipinski definition) is 1. The lowest BCUT2D eigenvalue weighted by atomic mass is 9.87. The van der Waals surface area contributed by atoms with E-state index in [4.69, 9.17) is 9.47 Å². The van der Waals surface area contributed by atoms with Crippen LogP contribution >= 0.6 is 0 Å². The van der Waals surface area contributed by atoms with Crippen molar-refractivity contribution >= 4 is 0 Å². The summed E-state index contributed by atoms with van der Waals surface area (Å²) in [5, 5.41) is 3.59. The Balaban J connectivity index is 1.73. The molecular weight excluding hydrogens is 264 g/mol. The molecule has 0 aliphatic heterocycles. The molecule has 0 bridgehead atoms. The van der Waals surface area contributed by atoms with Gasteiger partial charge in [-0.1, -0.05) is 13.8 Å². The fourth-order valence-electron chi connectivity index (χ4n) is 2.35. The van der Waals surface area contributed by atoms with Crippen LogP contribution in [0.15, 0.2) is 18.3 Å². The first-order valence-electron chi connectivity index (χ1n) is 7.85. The van der Waals surface area contributed by atoms with Gasteiger partial charge in [0, 0.05) is 17.6 Å². The number of ether oxygens (including phenoxy) is 2. The van der Waals surface area contributed by atoms with Gasteiger partial charge in [0.2, 0.25) is 5.88 Å². The minimum absolute atomic E-state index is 0.170. The molecule has 1 saturated carbocycles. The third kappa shape index (κ3) is 5.54. The second-order valence-electron chi connectivity index (χ2n) is 7.34.